The number of hydrogen-bond acceptors (Lipinski definition) is 4. The van der Waals surface area contributed by atoms with E-state index in [0.717, 1.165) is 38.3 Å². The predicted octanol–water partition coefficient (Wildman–Crippen LogP) is -0.245. The molecule has 0 spiro atoms. The lowest BCUT2D eigenvalue weighted by Crippen LogP contribution is -2.40. The van der Waals surface area contributed by atoms with Crippen LogP contribution in [0.1, 0.15) is 19.3 Å². The van der Waals surface area contributed by atoms with Crippen molar-refractivity contribution in [3.63, 3.8) is 0 Å². The van der Waals surface area contributed by atoms with Gasteiger partial charge in [-0.2, -0.15) is 0 Å². The van der Waals surface area contributed by atoms with E-state index in [1.807, 2.05) is 0 Å². The van der Waals surface area contributed by atoms with E-state index in [4.69, 9.17) is 10.5 Å². The highest BCUT2D eigenvalue weighted by Gasteiger charge is 2.33. The van der Waals surface area contributed by atoms with Crippen molar-refractivity contribution in [2.75, 3.05) is 25.6 Å². The van der Waals surface area contributed by atoms with E-state index in [1.54, 1.807) is 0 Å². The zero-order valence-electron chi connectivity index (χ0n) is 8.70. The van der Waals surface area contributed by atoms with Crippen LogP contribution in [0.2, 0.25) is 0 Å². The van der Waals surface area contributed by atoms with Gasteiger partial charge in [0.15, 0.2) is 0 Å². The second kappa shape index (κ2) is 4.59. The molecule has 15 heavy (non-hydrogen) atoms. The summed E-state index contributed by atoms with van der Waals surface area (Å²) in [6, 6.07) is 0. The Hall–Kier alpha value is -0.460. The molecule has 0 aromatic rings. The van der Waals surface area contributed by atoms with Crippen LogP contribution in [-0.4, -0.2) is 35.7 Å². The molecule has 1 atom stereocenters. The van der Waals surface area contributed by atoms with Gasteiger partial charge in [-0.3, -0.25) is 9.71 Å². The van der Waals surface area contributed by atoms with Crippen LogP contribution in [0.5, 0.6) is 0 Å². The molecule has 2 aliphatic rings. The third kappa shape index (κ3) is 2.56. The molecule has 2 aliphatic heterocycles. The van der Waals surface area contributed by atoms with Gasteiger partial charge >= 0.3 is 0 Å². The summed E-state index contributed by atoms with van der Waals surface area (Å²) in [7, 11) is -1.00. The van der Waals surface area contributed by atoms with E-state index in [2.05, 4.69) is 9.71 Å². The molecule has 3 N–H and O–H groups in total. The van der Waals surface area contributed by atoms with Gasteiger partial charge < -0.3 is 10.5 Å². The molecule has 0 aliphatic carbocycles. The van der Waals surface area contributed by atoms with E-state index >= 15 is 0 Å². The van der Waals surface area contributed by atoms with Crippen LogP contribution < -0.4 is 10.5 Å². The Morgan fingerprint density at radius 2 is 2.27 bits per heavy atom. The Bertz CT molecular complexity index is 287. The quantitative estimate of drug-likeness (QED) is 0.703. The fourth-order valence-electron chi connectivity index (χ4n) is 2.04. The molecule has 1 saturated heterocycles. The van der Waals surface area contributed by atoms with Crippen LogP contribution in [0.4, 0.5) is 0 Å². The second-order valence-corrected chi connectivity index (χ2v) is 5.33. The molecule has 0 aromatic heterocycles. The van der Waals surface area contributed by atoms with Gasteiger partial charge in [0.2, 0.25) is 0 Å². The maximum atomic E-state index is 11.1. The normalized spacial score (nSPS) is 29.7. The third-order valence-electron chi connectivity index (χ3n) is 3.13. The van der Waals surface area contributed by atoms with Gasteiger partial charge in [-0.25, -0.2) is 4.21 Å². The Morgan fingerprint density at radius 1 is 1.53 bits per heavy atom. The number of ether oxygens (including phenoxy) is 1. The molecule has 0 radical (unpaired) electrons. The number of nitrogens with two attached hydrogens (primary N) is 1. The third-order valence-corrected chi connectivity index (χ3v) is 3.96. The summed E-state index contributed by atoms with van der Waals surface area (Å²) in [6.07, 6.45) is 2.74. The van der Waals surface area contributed by atoms with Crippen molar-refractivity contribution in [2.24, 2.45) is 16.1 Å². The van der Waals surface area contributed by atoms with E-state index < -0.39 is 11.0 Å². The number of amidine groups is 1. The van der Waals surface area contributed by atoms with Crippen molar-refractivity contribution >= 4 is 16.8 Å². The minimum Gasteiger partial charge on any atom is -0.381 e. The summed E-state index contributed by atoms with van der Waals surface area (Å²) < 4.78 is 19.3. The fourth-order valence-corrected chi connectivity index (χ4v) is 2.77. The molecular weight excluding hydrogens is 214 g/mol. The lowest BCUT2D eigenvalue weighted by Gasteiger charge is -2.35. The zero-order chi connectivity index (χ0) is 10.7. The summed E-state index contributed by atoms with van der Waals surface area (Å²) in [4.78, 5) is 4.21. The molecule has 0 saturated carbocycles. The maximum absolute atomic E-state index is 11.1. The SMILES string of the molecule is NCC1(CC2=NCS(=O)N2)CCOCC1. The lowest BCUT2D eigenvalue weighted by atomic mass is 9.77. The average molecular weight is 231 g/mol. The van der Waals surface area contributed by atoms with E-state index in [1.165, 1.54) is 0 Å². The average Bonchev–Trinajstić information content (AvgIpc) is 2.65. The van der Waals surface area contributed by atoms with Gasteiger partial charge in [-0.15, -0.1) is 0 Å². The standard InChI is InChI=1S/C9H17N3O2S/c10-6-9(1-3-14-4-2-9)5-8-11-7-15(13)12-8/h1-7,10H2,(H,11,12). The van der Waals surface area contributed by atoms with Crippen LogP contribution in [0, 0.1) is 5.41 Å². The van der Waals surface area contributed by atoms with Crippen LogP contribution in [0.3, 0.4) is 0 Å². The van der Waals surface area contributed by atoms with Gasteiger partial charge in [0.25, 0.3) is 0 Å². The van der Waals surface area contributed by atoms with Crippen LogP contribution in [-0.2, 0) is 15.7 Å². The van der Waals surface area contributed by atoms with Crippen LogP contribution in [0.25, 0.3) is 0 Å². The molecule has 2 heterocycles. The molecular formula is C9H17N3O2S. The van der Waals surface area contributed by atoms with E-state index in [-0.39, 0.29) is 5.41 Å². The molecule has 0 aromatic carbocycles. The number of nitrogens with zero attached hydrogens (tertiary/aromatic N) is 1. The first-order valence-corrected chi connectivity index (χ1v) is 6.52. The topological polar surface area (TPSA) is 76.7 Å². The molecule has 1 unspecified atom stereocenters. The van der Waals surface area contributed by atoms with Crippen molar-refractivity contribution in [3.05, 3.63) is 0 Å². The maximum Gasteiger partial charge on any atom is 0.140 e. The molecule has 1 fully saturated rings. The molecule has 86 valence electrons. The van der Waals surface area contributed by atoms with Crippen molar-refractivity contribution in [1.82, 2.24) is 4.72 Å². The van der Waals surface area contributed by atoms with Crippen molar-refractivity contribution in [1.29, 1.82) is 0 Å². The molecule has 0 bridgehead atoms. The first kappa shape index (κ1) is 11.0. The van der Waals surface area contributed by atoms with Gasteiger partial charge in [-0.05, 0) is 24.8 Å². The summed E-state index contributed by atoms with van der Waals surface area (Å²) in [5, 5.41) is 0. The highest BCUT2D eigenvalue weighted by Crippen LogP contribution is 2.33. The number of hydrogen-bond donors (Lipinski definition) is 2. The molecule has 0 amide bonds. The minimum atomic E-state index is -1.00. The Kier molecular flexibility index (Phi) is 3.38. The highest BCUT2D eigenvalue weighted by atomic mass is 32.2. The van der Waals surface area contributed by atoms with Gasteiger partial charge in [0, 0.05) is 19.6 Å². The number of aliphatic imine (C=N–C) groups is 1. The van der Waals surface area contributed by atoms with Gasteiger partial charge in [0.1, 0.15) is 22.7 Å². The first-order valence-electron chi connectivity index (χ1n) is 5.20. The smallest absolute Gasteiger partial charge is 0.140 e. The summed E-state index contributed by atoms with van der Waals surface area (Å²) >= 11 is 0. The summed E-state index contributed by atoms with van der Waals surface area (Å²) in [5.74, 6) is 1.23. The van der Waals surface area contributed by atoms with E-state index in [9.17, 15) is 4.21 Å². The first-order chi connectivity index (χ1) is 7.24. The Morgan fingerprint density at radius 3 is 2.80 bits per heavy atom. The van der Waals surface area contributed by atoms with Crippen LogP contribution in [0.15, 0.2) is 4.99 Å². The zero-order valence-corrected chi connectivity index (χ0v) is 9.52. The molecule has 5 nitrogen and oxygen atoms in total. The monoisotopic (exact) mass is 231 g/mol. The van der Waals surface area contributed by atoms with Gasteiger partial charge in [-0.1, -0.05) is 0 Å². The fraction of sp³-hybridized carbons (Fsp3) is 0.889. The minimum absolute atomic E-state index is 0.0959. The highest BCUT2D eigenvalue weighted by molar-refractivity contribution is 7.83. The number of rotatable bonds is 3. The van der Waals surface area contributed by atoms with Gasteiger partial charge in [0.05, 0.1) is 0 Å². The lowest BCUT2D eigenvalue weighted by molar-refractivity contribution is 0.0223. The Labute approximate surface area is 92.1 Å². The second-order valence-electron chi connectivity index (χ2n) is 4.17. The summed E-state index contributed by atoms with van der Waals surface area (Å²) in [6.45, 7) is 2.19. The van der Waals surface area contributed by atoms with E-state index in [0.29, 0.717) is 12.4 Å². The molecule has 2 rings (SSSR count). The molecule has 6 heteroatoms. The van der Waals surface area contributed by atoms with Crippen molar-refractivity contribution in [2.45, 2.75) is 19.3 Å². The predicted molar refractivity (Wildman–Crippen MR) is 59.7 cm³/mol. The summed E-state index contributed by atoms with van der Waals surface area (Å²) in [5.41, 5.74) is 5.93. The van der Waals surface area contributed by atoms with Crippen molar-refractivity contribution in [3.8, 4) is 0 Å². The van der Waals surface area contributed by atoms with Crippen molar-refractivity contribution < 1.29 is 8.95 Å². The number of nitrogens with one attached hydrogen (secondary N) is 1. The largest absolute Gasteiger partial charge is 0.381 e. The Balaban J connectivity index is 1.98. The van der Waals surface area contributed by atoms with Crippen LogP contribution >= 0.6 is 0 Å².